The number of nitrogens with zero attached hydrogens (tertiary/aromatic N) is 3. The highest BCUT2D eigenvalue weighted by Gasteiger charge is 2.57. The summed E-state index contributed by atoms with van der Waals surface area (Å²) in [5.74, 6) is -1.14. The Morgan fingerprint density at radius 1 is 1.31 bits per heavy atom. The number of thioether (sulfide) groups is 1. The quantitative estimate of drug-likeness (QED) is 0.344. The zero-order valence-corrected chi connectivity index (χ0v) is 15.8. The molecule has 5 nitrogen and oxygen atoms in total. The molecular weight excluding hydrogens is 360 g/mol. The van der Waals surface area contributed by atoms with Crippen LogP contribution < -0.4 is 4.90 Å². The lowest BCUT2D eigenvalue weighted by Gasteiger charge is -2.26. The van der Waals surface area contributed by atoms with Gasteiger partial charge in [-0.05, 0) is 43.3 Å². The maximum atomic E-state index is 14.6. The van der Waals surface area contributed by atoms with E-state index in [0.717, 1.165) is 19.5 Å². The molecule has 2 fully saturated rings. The lowest BCUT2D eigenvalue weighted by atomic mass is 10.1. The predicted octanol–water partition coefficient (Wildman–Crippen LogP) is 3.26. The van der Waals surface area contributed by atoms with E-state index in [1.807, 2.05) is 6.26 Å². The van der Waals surface area contributed by atoms with E-state index in [4.69, 9.17) is 4.74 Å². The van der Waals surface area contributed by atoms with Gasteiger partial charge in [0, 0.05) is 31.5 Å². The van der Waals surface area contributed by atoms with E-state index in [1.54, 1.807) is 0 Å². The van der Waals surface area contributed by atoms with Gasteiger partial charge in [0.15, 0.2) is 5.16 Å². The molecule has 1 aliphatic heterocycles. The number of piperidine rings is 1. The van der Waals surface area contributed by atoms with Crippen molar-refractivity contribution in [1.82, 2.24) is 9.97 Å². The van der Waals surface area contributed by atoms with Crippen LogP contribution in [0.25, 0.3) is 0 Å². The summed E-state index contributed by atoms with van der Waals surface area (Å²) < 4.78 is 34.0. The number of hydrogen-bond donors (Lipinski definition) is 0. The summed E-state index contributed by atoms with van der Waals surface area (Å²) in [4.78, 5) is 22.4. The summed E-state index contributed by atoms with van der Waals surface area (Å²) in [6.07, 6.45) is 3.97. The Morgan fingerprint density at radius 3 is 2.69 bits per heavy atom. The van der Waals surface area contributed by atoms with Crippen LogP contribution in [0.2, 0.25) is 0 Å². The molecule has 1 aromatic rings. The third-order valence-electron chi connectivity index (χ3n) is 5.96. The van der Waals surface area contributed by atoms with Gasteiger partial charge in [0.05, 0.1) is 7.11 Å². The van der Waals surface area contributed by atoms with Crippen molar-refractivity contribution >= 4 is 23.5 Å². The zero-order chi connectivity index (χ0) is 18.5. The summed E-state index contributed by atoms with van der Waals surface area (Å²) in [6.45, 7) is 1.55. The second-order valence-corrected chi connectivity index (χ2v) is 8.22. The smallest absolute Gasteiger partial charge is 0.305 e. The molecule has 1 unspecified atom stereocenters. The molecule has 2 aliphatic carbocycles. The molecule has 0 spiro atoms. The van der Waals surface area contributed by atoms with Crippen LogP contribution in [0.5, 0.6) is 0 Å². The summed E-state index contributed by atoms with van der Waals surface area (Å²) in [7, 11) is 1.41. The summed E-state index contributed by atoms with van der Waals surface area (Å²) in [5, 5.41) is 0.409. The van der Waals surface area contributed by atoms with E-state index in [0.29, 0.717) is 53.6 Å². The van der Waals surface area contributed by atoms with Gasteiger partial charge in [-0.1, -0.05) is 11.8 Å². The highest BCUT2D eigenvalue weighted by molar-refractivity contribution is 7.98. The van der Waals surface area contributed by atoms with E-state index >= 15 is 0 Å². The van der Waals surface area contributed by atoms with Gasteiger partial charge >= 0.3 is 5.97 Å². The van der Waals surface area contributed by atoms with Crippen LogP contribution in [-0.4, -0.2) is 42.4 Å². The topological polar surface area (TPSA) is 55.3 Å². The predicted molar refractivity (Wildman–Crippen MR) is 94.6 cm³/mol. The molecule has 142 valence electrons. The molecule has 1 saturated carbocycles. The van der Waals surface area contributed by atoms with Crippen molar-refractivity contribution in [3.8, 4) is 0 Å². The largest absolute Gasteiger partial charge is 0.469 e. The van der Waals surface area contributed by atoms with Gasteiger partial charge in [-0.2, -0.15) is 8.78 Å². The molecule has 3 aliphatic rings. The fraction of sp³-hybridized carbons (Fsp3) is 0.722. The third kappa shape index (κ3) is 3.06. The number of esters is 1. The average molecular weight is 383 g/mol. The first-order chi connectivity index (χ1) is 12.4. The molecule has 0 N–H and O–H groups in total. The SMILES string of the molecule is COC(=O)CC1[C@H]2CN(c3nc(SC)nc4c3CCCCC4(F)F)C[C@@H]12. The van der Waals surface area contributed by atoms with E-state index < -0.39 is 5.92 Å². The Morgan fingerprint density at radius 2 is 2.04 bits per heavy atom. The van der Waals surface area contributed by atoms with Gasteiger partial charge in [-0.3, -0.25) is 4.79 Å². The number of hydrogen-bond acceptors (Lipinski definition) is 6. The Bertz CT molecular complexity index is 719. The summed E-state index contributed by atoms with van der Waals surface area (Å²) in [5.41, 5.74) is 0.548. The minimum Gasteiger partial charge on any atom is -0.469 e. The molecule has 1 aromatic heterocycles. The minimum absolute atomic E-state index is 0.0731. The van der Waals surface area contributed by atoms with Gasteiger partial charge in [-0.15, -0.1) is 0 Å². The van der Waals surface area contributed by atoms with E-state index in [1.165, 1.54) is 18.9 Å². The summed E-state index contributed by atoms with van der Waals surface area (Å²) in [6, 6.07) is 0. The molecule has 8 heteroatoms. The van der Waals surface area contributed by atoms with Crippen molar-refractivity contribution in [2.45, 2.75) is 43.2 Å². The van der Waals surface area contributed by atoms with Gasteiger partial charge in [-0.25, -0.2) is 9.97 Å². The molecule has 26 heavy (non-hydrogen) atoms. The third-order valence-corrected chi connectivity index (χ3v) is 6.51. The second kappa shape index (κ2) is 6.62. The van der Waals surface area contributed by atoms with E-state index in [-0.39, 0.29) is 18.1 Å². The van der Waals surface area contributed by atoms with Crippen LogP contribution in [-0.2, 0) is 21.9 Å². The van der Waals surface area contributed by atoms with Crippen LogP contribution in [0.15, 0.2) is 5.16 Å². The van der Waals surface area contributed by atoms with Gasteiger partial charge < -0.3 is 9.64 Å². The van der Waals surface area contributed by atoms with Crippen LogP contribution >= 0.6 is 11.8 Å². The Hall–Kier alpha value is -1.44. The molecule has 0 aromatic carbocycles. The molecular formula is C18H23F2N3O2S. The van der Waals surface area contributed by atoms with Crippen molar-refractivity contribution in [2.75, 3.05) is 31.4 Å². The number of alkyl halides is 2. The summed E-state index contributed by atoms with van der Waals surface area (Å²) >= 11 is 1.30. The van der Waals surface area contributed by atoms with Gasteiger partial charge in [0.2, 0.25) is 0 Å². The highest BCUT2D eigenvalue weighted by atomic mass is 32.2. The van der Waals surface area contributed by atoms with E-state index in [9.17, 15) is 13.6 Å². The van der Waals surface area contributed by atoms with Crippen molar-refractivity contribution in [1.29, 1.82) is 0 Å². The number of aromatic nitrogens is 2. The number of carbonyl (C=O) groups is 1. The lowest BCUT2D eigenvalue weighted by molar-refractivity contribution is -0.141. The molecule has 3 atom stereocenters. The minimum atomic E-state index is -2.88. The fourth-order valence-electron chi connectivity index (χ4n) is 4.51. The first-order valence-corrected chi connectivity index (χ1v) is 10.3. The molecule has 4 rings (SSSR count). The first-order valence-electron chi connectivity index (χ1n) is 9.09. The van der Waals surface area contributed by atoms with Crippen molar-refractivity contribution in [2.24, 2.45) is 17.8 Å². The molecule has 0 amide bonds. The maximum absolute atomic E-state index is 14.6. The number of carbonyl (C=O) groups excluding carboxylic acids is 1. The van der Waals surface area contributed by atoms with Gasteiger partial charge in [0.25, 0.3) is 5.92 Å². The number of methoxy groups -OCH3 is 1. The monoisotopic (exact) mass is 383 g/mol. The van der Waals surface area contributed by atoms with Crippen molar-refractivity contribution < 1.29 is 18.3 Å². The van der Waals surface area contributed by atoms with E-state index in [2.05, 4.69) is 14.9 Å². The molecule has 0 radical (unpaired) electrons. The highest BCUT2D eigenvalue weighted by Crippen LogP contribution is 2.55. The standard InChI is InChI=1S/C18H23F2N3O2S/c1-25-14(24)7-11-12-8-23(9-13(11)12)16-10-5-3-4-6-18(19,20)15(10)21-17(22-16)26-2/h11-13H,3-9H2,1-2H3/t11?,12-,13+. The Balaban J connectivity index is 1.60. The lowest BCUT2D eigenvalue weighted by Crippen LogP contribution is -2.29. The normalized spacial score (nSPS) is 28.9. The molecule has 1 saturated heterocycles. The van der Waals surface area contributed by atoms with Crippen LogP contribution in [0.3, 0.4) is 0 Å². The van der Waals surface area contributed by atoms with Crippen LogP contribution in [0.4, 0.5) is 14.6 Å². The van der Waals surface area contributed by atoms with Crippen LogP contribution in [0.1, 0.15) is 36.9 Å². The number of ether oxygens (including phenoxy) is 1. The van der Waals surface area contributed by atoms with Crippen molar-refractivity contribution in [3.63, 3.8) is 0 Å². The maximum Gasteiger partial charge on any atom is 0.305 e. The van der Waals surface area contributed by atoms with Crippen LogP contribution in [0, 0.1) is 17.8 Å². The molecule has 2 heterocycles. The average Bonchev–Trinajstić information content (AvgIpc) is 3.11. The number of anilines is 1. The first kappa shape index (κ1) is 17.9. The molecule has 0 bridgehead atoms. The Labute approximate surface area is 155 Å². The number of fused-ring (bicyclic) bond motifs is 2. The van der Waals surface area contributed by atoms with Gasteiger partial charge in [0.1, 0.15) is 11.5 Å². The zero-order valence-electron chi connectivity index (χ0n) is 15.0. The second-order valence-electron chi connectivity index (χ2n) is 7.45. The fourth-order valence-corrected chi connectivity index (χ4v) is 4.87. The Kier molecular flexibility index (Phi) is 4.57. The number of halogens is 2. The number of rotatable bonds is 4. The van der Waals surface area contributed by atoms with Crippen molar-refractivity contribution in [3.05, 3.63) is 11.3 Å².